The Hall–Kier alpha value is -3.43. The molecule has 3 aromatic carbocycles. The second-order valence-corrected chi connectivity index (χ2v) is 12.2. The Morgan fingerprint density at radius 2 is 1.61 bits per heavy atom. The predicted octanol–water partition coefficient (Wildman–Crippen LogP) is 5.58. The first-order chi connectivity index (χ1) is 19.6. The van der Waals surface area contributed by atoms with Crippen molar-refractivity contribution >= 4 is 39.1 Å². The SMILES string of the molecule is CCCCNC(=O)[C@@H](Cc1ccccc1)N(Cc1ccccc1Cl)C(=O)CCCN(c1ccc(F)cc1)S(C)(=O)=O. The van der Waals surface area contributed by atoms with Crippen LogP contribution in [0, 0.1) is 5.82 Å². The van der Waals surface area contributed by atoms with Crippen LogP contribution in [0.2, 0.25) is 5.02 Å². The molecule has 7 nitrogen and oxygen atoms in total. The molecule has 3 rings (SSSR count). The van der Waals surface area contributed by atoms with Crippen molar-refractivity contribution in [2.24, 2.45) is 0 Å². The van der Waals surface area contributed by atoms with E-state index in [-0.39, 0.29) is 37.7 Å². The minimum Gasteiger partial charge on any atom is -0.354 e. The van der Waals surface area contributed by atoms with Gasteiger partial charge in [-0.1, -0.05) is 73.5 Å². The molecule has 0 bridgehead atoms. The van der Waals surface area contributed by atoms with Crippen molar-refractivity contribution in [1.82, 2.24) is 10.2 Å². The lowest BCUT2D eigenvalue weighted by molar-refractivity contribution is -0.141. The van der Waals surface area contributed by atoms with Gasteiger partial charge in [-0.25, -0.2) is 12.8 Å². The summed E-state index contributed by atoms with van der Waals surface area (Å²) < 4.78 is 39.6. The fourth-order valence-corrected chi connectivity index (χ4v) is 5.64. The van der Waals surface area contributed by atoms with Gasteiger partial charge >= 0.3 is 0 Å². The zero-order valence-electron chi connectivity index (χ0n) is 23.4. The zero-order chi connectivity index (χ0) is 29.8. The number of benzene rings is 3. The van der Waals surface area contributed by atoms with E-state index in [0.717, 1.165) is 29.0 Å². The fraction of sp³-hybridized carbons (Fsp3) is 0.355. The van der Waals surface area contributed by atoms with Gasteiger partial charge in [-0.05, 0) is 54.3 Å². The van der Waals surface area contributed by atoms with Crippen molar-refractivity contribution in [1.29, 1.82) is 0 Å². The van der Waals surface area contributed by atoms with Crippen molar-refractivity contribution in [3.05, 3.63) is 101 Å². The number of halogens is 2. The van der Waals surface area contributed by atoms with E-state index in [9.17, 15) is 22.4 Å². The molecule has 0 radical (unpaired) electrons. The van der Waals surface area contributed by atoms with Crippen LogP contribution in [0.3, 0.4) is 0 Å². The van der Waals surface area contributed by atoms with E-state index in [1.807, 2.05) is 49.4 Å². The van der Waals surface area contributed by atoms with Gasteiger partial charge in [0.1, 0.15) is 11.9 Å². The topological polar surface area (TPSA) is 86.8 Å². The predicted molar refractivity (Wildman–Crippen MR) is 162 cm³/mol. The molecule has 2 amide bonds. The molecule has 0 aromatic heterocycles. The molecule has 0 aliphatic rings. The van der Waals surface area contributed by atoms with Crippen LogP contribution < -0.4 is 9.62 Å². The summed E-state index contributed by atoms with van der Waals surface area (Å²) in [4.78, 5) is 28.9. The van der Waals surface area contributed by atoms with Gasteiger partial charge in [-0.2, -0.15) is 0 Å². The van der Waals surface area contributed by atoms with Crippen molar-refractivity contribution in [3.63, 3.8) is 0 Å². The zero-order valence-corrected chi connectivity index (χ0v) is 25.0. The second kappa shape index (κ2) is 15.5. The lowest BCUT2D eigenvalue weighted by Gasteiger charge is -2.32. The van der Waals surface area contributed by atoms with Crippen LogP contribution in [0.25, 0.3) is 0 Å². The monoisotopic (exact) mass is 601 g/mol. The Morgan fingerprint density at radius 3 is 2.24 bits per heavy atom. The maximum absolute atomic E-state index is 13.8. The largest absolute Gasteiger partial charge is 0.354 e. The Bertz CT molecular complexity index is 1390. The Kier molecular flexibility index (Phi) is 12.2. The summed E-state index contributed by atoms with van der Waals surface area (Å²) in [5.74, 6) is -1.04. The summed E-state index contributed by atoms with van der Waals surface area (Å²) >= 11 is 6.46. The second-order valence-electron chi connectivity index (χ2n) is 9.88. The third kappa shape index (κ3) is 9.86. The molecular formula is C31H37ClFN3O4S. The number of carbonyl (C=O) groups excluding carboxylic acids is 2. The van der Waals surface area contributed by atoms with Crippen LogP contribution in [-0.4, -0.2) is 50.5 Å². The molecule has 0 heterocycles. The van der Waals surface area contributed by atoms with Crippen LogP contribution in [0.4, 0.5) is 10.1 Å². The number of hydrogen-bond donors (Lipinski definition) is 1. The molecule has 41 heavy (non-hydrogen) atoms. The molecular weight excluding hydrogens is 565 g/mol. The fourth-order valence-electron chi connectivity index (χ4n) is 4.48. The number of unbranched alkanes of at least 4 members (excludes halogenated alkanes) is 1. The van der Waals surface area contributed by atoms with E-state index in [1.165, 1.54) is 29.2 Å². The van der Waals surface area contributed by atoms with Crippen molar-refractivity contribution < 1.29 is 22.4 Å². The van der Waals surface area contributed by atoms with Crippen molar-refractivity contribution in [3.8, 4) is 0 Å². The summed E-state index contributed by atoms with van der Waals surface area (Å²) in [5.41, 5.74) is 1.91. The number of carbonyl (C=O) groups is 2. The smallest absolute Gasteiger partial charge is 0.243 e. The van der Waals surface area contributed by atoms with Gasteiger partial charge < -0.3 is 10.2 Å². The van der Waals surface area contributed by atoms with Crippen LogP contribution in [0.1, 0.15) is 43.7 Å². The summed E-state index contributed by atoms with van der Waals surface area (Å²) in [6.07, 6.45) is 3.28. The molecule has 10 heteroatoms. The highest BCUT2D eigenvalue weighted by molar-refractivity contribution is 7.92. The van der Waals surface area contributed by atoms with Crippen LogP contribution >= 0.6 is 11.6 Å². The third-order valence-corrected chi connectivity index (χ3v) is 8.23. The highest BCUT2D eigenvalue weighted by Crippen LogP contribution is 2.23. The minimum atomic E-state index is -3.68. The first kappa shape index (κ1) is 32.1. The molecule has 0 aliphatic heterocycles. The molecule has 0 spiro atoms. The molecule has 0 fully saturated rings. The molecule has 3 aromatic rings. The summed E-state index contributed by atoms with van der Waals surface area (Å²) in [6.45, 7) is 2.66. The molecule has 0 saturated heterocycles. The Morgan fingerprint density at radius 1 is 0.951 bits per heavy atom. The van der Waals surface area contributed by atoms with E-state index >= 15 is 0 Å². The average molecular weight is 602 g/mol. The van der Waals surface area contributed by atoms with Gasteiger partial charge in [-0.15, -0.1) is 0 Å². The van der Waals surface area contributed by atoms with Gasteiger partial charge in [0.25, 0.3) is 0 Å². The molecule has 1 atom stereocenters. The Labute approximate surface area is 247 Å². The normalized spacial score (nSPS) is 12.0. The molecule has 0 aliphatic carbocycles. The molecule has 1 N–H and O–H groups in total. The lowest BCUT2D eigenvalue weighted by Crippen LogP contribution is -2.50. The van der Waals surface area contributed by atoms with Crippen LogP contribution in [-0.2, 0) is 32.6 Å². The summed E-state index contributed by atoms with van der Waals surface area (Å²) in [7, 11) is -3.68. The van der Waals surface area contributed by atoms with Crippen molar-refractivity contribution in [2.45, 2.75) is 51.6 Å². The van der Waals surface area contributed by atoms with Gasteiger partial charge in [0, 0.05) is 37.5 Å². The van der Waals surface area contributed by atoms with E-state index < -0.39 is 21.9 Å². The number of nitrogens with zero attached hydrogens (tertiary/aromatic N) is 2. The van der Waals surface area contributed by atoms with E-state index in [1.54, 1.807) is 12.1 Å². The van der Waals surface area contributed by atoms with Crippen molar-refractivity contribution in [2.75, 3.05) is 23.7 Å². The Balaban J connectivity index is 1.87. The quantitative estimate of drug-likeness (QED) is 0.230. The number of hydrogen-bond acceptors (Lipinski definition) is 4. The van der Waals surface area contributed by atoms with Crippen LogP contribution in [0.5, 0.6) is 0 Å². The van der Waals surface area contributed by atoms with E-state index in [2.05, 4.69) is 5.32 Å². The number of anilines is 1. The minimum absolute atomic E-state index is 0.00873. The number of rotatable bonds is 15. The maximum atomic E-state index is 13.8. The molecule has 0 saturated carbocycles. The van der Waals surface area contributed by atoms with E-state index in [0.29, 0.717) is 29.2 Å². The van der Waals surface area contributed by atoms with Gasteiger partial charge in [0.05, 0.1) is 11.9 Å². The van der Waals surface area contributed by atoms with Gasteiger partial charge in [-0.3, -0.25) is 13.9 Å². The molecule has 220 valence electrons. The lowest BCUT2D eigenvalue weighted by atomic mass is 10.0. The van der Waals surface area contributed by atoms with Gasteiger partial charge in [0.2, 0.25) is 21.8 Å². The highest BCUT2D eigenvalue weighted by atomic mass is 35.5. The highest BCUT2D eigenvalue weighted by Gasteiger charge is 2.31. The summed E-state index contributed by atoms with van der Waals surface area (Å²) in [6, 6.07) is 21.0. The van der Waals surface area contributed by atoms with Crippen LogP contribution in [0.15, 0.2) is 78.9 Å². The number of nitrogens with one attached hydrogen (secondary N) is 1. The average Bonchev–Trinajstić information content (AvgIpc) is 2.94. The maximum Gasteiger partial charge on any atom is 0.243 e. The van der Waals surface area contributed by atoms with E-state index in [4.69, 9.17) is 11.6 Å². The first-order valence-corrected chi connectivity index (χ1v) is 15.9. The van der Waals surface area contributed by atoms with Gasteiger partial charge in [0.15, 0.2) is 0 Å². The molecule has 0 unspecified atom stereocenters. The third-order valence-electron chi connectivity index (χ3n) is 6.67. The summed E-state index contributed by atoms with van der Waals surface area (Å²) in [5, 5.41) is 3.46. The number of amides is 2. The standard InChI is InChI=1S/C31H37ClFN3O4S/c1-3-4-20-34-31(38)29(22-24-11-6-5-7-12-24)35(23-25-13-8-9-14-28(25)32)30(37)15-10-21-36(41(2,39)40)27-18-16-26(33)17-19-27/h5-9,11-14,16-19,29H,3-4,10,15,20-23H2,1-2H3,(H,34,38)/t29-/m1/s1. The number of sulfonamides is 1. The first-order valence-electron chi connectivity index (χ1n) is 13.7.